The summed E-state index contributed by atoms with van der Waals surface area (Å²) in [6.07, 6.45) is 0.0730. The lowest BCUT2D eigenvalue weighted by Crippen LogP contribution is -2.31. The SMILES string of the molecule is Cc1ccc(NC(=O)CS[C@H]2CC(=O)N(c3ccc(Oc4ccccc4)cc3)C2=O)cc1. The number of hydrogen-bond acceptors (Lipinski definition) is 5. The second-order valence-electron chi connectivity index (χ2n) is 7.39. The standard InChI is InChI=1S/C25H22N2O4S/c1-17-7-9-18(10-8-17)26-23(28)16-32-22-15-24(29)27(25(22)30)19-11-13-21(14-12-19)31-20-5-3-2-4-6-20/h2-14,22H,15-16H2,1H3,(H,26,28)/t22-/m0/s1. The number of hydrogen-bond donors (Lipinski definition) is 1. The van der Waals surface area contributed by atoms with Gasteiger partial charge in [0.25, 0.3) is 0 Å². The molecule has 32 heavy (non-hydrogen) atoms. The molecular formula is C25H22N2O4S. The molecule has 3 aromatic rings. The number of amides is 3. The van der Waals surface area contributed by atoms with Crippen LogP contribution in [-0.2, 0) is 14.4 Å². The Morgan fingerprint density at radius 1 is 0.969 bits per heavy atom. The smallest absolute Gasteiger partial charge is 0.247 e. The minimum atomic E-state index is -0.577. The van der Waals surface area contributed by atoms with Crippen molar-refractivity contribution >= 4 is 40.9 Å². The van der Waals surface area contributed by atoms with Crippen molar-refractivity contribution in [3.63, 3.8) is 0 Å². The number of imide groups is 1. The number of thioether (sulfide) groups is 1. The van der Waals surface area contributed by atoms with Crippen molar-refractivity contribution in [1.82, 2.24) is 0 Å². The summed E-state index contributed by atoms with van der Waals surface area (Å²) in [5.41, 5.74) is 2.30. The van der Waals surface area contributed by atoms with Crippen LogP contribution in [0, 0.1) is 6.92 Å². The number of anilines is 2. The van der Waals surface area contributed by atoms with E-state index >= 15 is 0 Å². The monoisotopic (exact) mass is 446 g/mol. The van der Waals surface area contributed by atoms with Crippen LogP contribution >= 0.6 is 11.8 Å². The van der Waals surface area contributed by atoms with E-state index in [1.807, 2.05) is 61.5 Å². The van der Waals surface area contributed by atoms with Crippen LogP contribution < -0.4 is 15.0 Å². The molecule has 3 aromatic carbocycles. The summed E-state index contributed by atoms with van der Waals surface area (Å²) in [6, 6.07) is 23.6. The average molecular weight is 447 g/mol. The predicted molar refractivity (Wildman–Crippen MR) is 126 cm³/mol. The summed E-state index contributed by atoms with van der Waals surface area (Å²) in [7, 11) is 0. The molecule has 1 aliphatic rings. The molecule has 162 valence electrons. The first-order valence-electron chi connectivity index (χ1n) is 10.2. The Morgan fingerprint density at radius 2 is 1.62 bits per heavy atom. The molecule has 1 saturated heterocycles. The van der Waals surface area contributed by atoms with Crippen molar-refractivity contribution in [2.45, 2.75) is 18.6 Å². The molecule has 0 radical (unpaired) electrons. The summed E-state index contributed by atoms with van der Waals surface area (Å²) in [6.45, 7) is 1.97. The molecule has 1 aliphatic heterocycles. The lowest BCUT2D eigenvalue weighted by atomic mass is 10.2. The van der Waals surface area contributed by atoms with E-state index in [4.69, 9.17) is 4.74 Å². The van der Waals surface area contributed by atoms with Gasteiger partial charge in [-0.25, -0.2) is 4.90 Å². The first kappa shape index (κ1) is 21.6. The molecule has 0 unspecified atom stereocenters. The molecule has 0 bridgehead atoms. The largest absolute Gasteiger partial charge is 0.457 e. The van der Waals surface area contributed by atoms with E-state index in [1.54, 1.807) is 24.3 Å². The number of aryl methyl sites for hydroxylation is 1. The van der Waals surface area contributed by atoms with Gasteiger partial charge >= 0.3 is 0 Å². The Morgan fingerprint density at radius 3 is 2.31 bits per heavy atom. The van der Waals surface area contributed by atoms with Crippen molar-refractivity contribution < 1.29 is 19.1 Å². The Balaban J connectivity index is 1.34. The van der Waals surface area contributed by atoms with Gasteiger partial charge in [-0.15, -0.1) is 11.8 Å². The topological polar surface area (TPSA) is 75.7 Å². The van der Waals surface area contributed by atoms with E-state index < -0.39 is 5.25 Å². The highest BCUT2D eigenvalue weighted by Gasteiger charge is 2.40. The maximum Gasteiger partial charge on any atom is 0.247 e. The van der Waals surface area contributed by atoms with Crippen molar-refractivity contribution in [1.29, 1.82) is 0 Å². The first-order chi connectivity index (χ1) is 15.5. The molecular weight excluding hydrogens is 424 g/mol. The quantitative estimate of drug-likeness (QED) is 0.528. The van der Waals surface area contributed by atoms with E-state index in [9.17, 15) is 14.4 Å². The van der Waals surface area contributed by atoms with Crippen LogP contribution in [0.5, 0.6) is 11.5 Å². The zero-order valence-electron chi connectivity index (χ0n) is 17.5. The predicted octanol–water partition coefficient (Wildman–Crippen LogP) is 4.79. The highest BCUT2D eigenvalue weighted by atomic mass is 32.2. The number of ether oxygens (including phenoxy) is 1. The third-order valence-electron chi connectivity index (χ3n) is 4.93. The molecule has 1 atom stereocenters. The van der Waals surface area contributed by atoms with E-state index in [0.717, 1.165) is 5.56 Å². The van der Waals surface area contributed by atoms with E-state index in [2.05, 4.69) is 5.32 Å². The van der Waals surface area contributed by atoms with Crippen molar-refractivity contribution in [3.8, 4) is 11.5 Å². The number of rotatable bonds is 7. The number of carbonyl (C=O) groups is 3. The summed E-state index contributed by atoms with van der Waals surface area (Å²) in [5, 5.41) is 2.23. The third kappa shape index (κ3) is 5.18. The summed E-state index contributed by atoms with van der Waals surface area (Å²) < 4.78 is 5.75. The second-order valence-corrected chi connectivity index (χ2v) is 8.59. The van der Waals surface area contributed by atoms with Gasteiger partial charge in [-0.05, 0) is 55.5 Å². The summed E-state index contributed by atoms with van der Waals surface area (Å²) >= 11 is 1.18. The normalized spacial score (nSPS) is 15.7. The van der Waals surface area contributed by atoms with Gasteiger partial charge in [0.05, 0.1) is 16.7 Å². The summed E-state index contributed by atoms with van der Waals surface area (Å²) in [5.74, 6) is 0.615. The van der Waals surface area contributed by atoms with Gasteiger partial charge in [-0.1, -0.05) is 35.9 Å². The Hall–Kier alpha value is -3.58. The average Bonchev–Trinajstić information content (AvgIpc) is 3.08. The van der Waals surface area contributed by atoms with Crippen molar-refractivity contribution in [3.05, 3.63) is 84.4 Å². The molecule has 6 nitrogen and oxygen atoms in total. The van der Waals surface area contributed by atoms with Gasteiger partial charge in [0.15, 0.2) is 0 Å². The molecule has 0 saturated carbocycles. The van der Waals surface area contributed by atoms with Crippen LogP contribution in [0.4, 0.5) is 11.4 Å². The van der Waals surface area contributed by atoms with Crippen LogP contribution in [0.25, 0.3) is 0 Å². The molecule has 4 rings (SSSR count). The van der Waals surface area contributed by atoms with E-state index in [0.29, 0.717) is 22.9 Å². The molecule has 3 amide bonds. The fraction of sp³-hybridized carbons (Fsp3) is 0.160. The fourth-order valence-electron chi connectivity index (χ4n) is 3.30. The number of nitrogens with zero attached hydrogens (tertiary/aromatic N) is 1. The lowest BCUT2D eigenvalue weighted by Gasteiger charge is -2.15. The van der Waals surface area contributed by atoms with Crippen molar-refractivity contribution in [2.24, 2.45) is 0 Å². The number of para-hydroxylation sites is 1. The van der Waals surface area contributed by atoms with Gasteiger partial charge in [0.2, 0.25) is 17.7 Å². The van der Waals surface area contributed by atoms with Crippen LogP contribution in [0.15, 0.2) is 78.9 Å². The molecule has 0 aliphatic carbocycles. The Bertz CT molecular complexity index is 1110. The zero-order valence-corrected chi connectivity index (χ0v) is 18.3. The van der Waals surface area contributed by atoms with Crippen molar-refractivity contribution in [2.75, 3.05) is 16.0 Å². The molecule has 1 heterocycles. The van der Waals surface area contributed by atoms with Gasteiger partial charge < -0.3 is 10.1 Å². The number of carbonyl (C=O) groups excluding carboxylic acids is 3. The Kier molecular flexibility index (Phi) is 6.56. The second kappa shape index (κ2) is 9.70. The minimum absolute atomic E-state index is 0.0730. The van der Waals surface area contributed by atoms with Crippen LogP contribution in [0.2, 0.25) is 0 Å². The lowest BCUT2D eigenvalue weighted by molar-refractivity contribution is -0.121. The van der Waals surface area contributed by atoms with Gasteiger partial charge in [0.1, 0.15) is 11.5 Å². The molecule has 0 aromatic heterocycles. The van der Waals surface area contributed by atoms with E-state index in [1.165, 1.54) is 16.7 Å². The number of benzene rings is 3. The van der Waals surface area contributed by atoms with Crippen LogP contribution in [0.3, 0.4) is 0 Å². The molecule has 1 fully saturated rings. The first-order valence-corrected chi connectivity index (χ1v) is 11.2. The maximum atomic E-state index is 12.8. The highest BCUT2D eigenvalue weighted by Crippen LogP contribution is 2.31. The van der Waals surface area contributed by atoms with Gasteiger partial charge in [0, 0.05) is 12.1 Å². The van der Waals surface area contributed by atoms with Gasteiger partial charge in [-0.3, -0.25) is 14.4 Å². The molecule has 7 heteroatoms. The maximum absolute atomic E-state index is 12.8. The third-order valence-corrected chi connectivity index (χ3v) is 6.13. The fourth-order valence-corrected chi connectivity index (χ4v) is 4.24. The molecule has 0 spiro atoms. The zero-order chi connectivity index (χ0) is 22.5. The van der Waals surface area contributed by atoms with Gasteiger partial charge in [-0.2, -0.15) is 0 Å². The Labute approximate surface area is 190 Å². The van der Waals surface area contributed by atoms with E-state index in [-0.39, 0.29) is 29.9 Å². The van der Waals surface area contributed by atoms with Crippen LogP contribution in [0.1, 0.15) is 12.0 Å². The number of nitrogens with one attached hydrogen (secondary N) is 1. The minimum Gasteiger partial charge on any atom is -0.457 e. The summed E-state index contributed by atoms with van der Waals surface area (Å²) in [4.78, 5) is 38.7. The molecule has 1 N–H and O–H groups in total. The van der Waals surface area contributed by atoms with Crippen LogP contribution in [-0.4, -0.2) is 28.7 Å². The highest BCUT2D eigenvalue weighted by molar-refractivity contribution is 8.01.